The van der Waals surface area contributed by atoms with Crippen LogP contribution in [0.1, 0.15) is 38.5 Å². The van der Waals surface area contributed by atoms with E-state index in [4.69, 9.17) is 20.8 Å². The minimum Gasteiger partial charge on any atom is -0.420 e. The molecule has 32 heavy (non-hydrogen) atoms. The highest BCUT2D eigenvalue weighted by molar-refractivity contribution is 7.98. The van der Waals surface area contributed by atoms with Gasteiger partial charge in [-0.1, -0.05) is 30.3 Å². The van der Waals surface area contributed by atoms with Gasteiger partial charge in [0.25, 0.3) is 0 Å². The molecule has 0 spiro atoms. The van der Waals surface area contributed by atoms with E-state index in [1.807, 2.05) is 24.3 Å². The first-order valence-electron chi connectivity index (χ1n) is 11.2. The lowest BCUT2D eigenvalue weighted by atomic mass is 10.00. The Balaban J connectivity index is 1.31. The van der Waals surface area contributed by atoms with Gasteiger partial charge in [0.05, 0.1) is 18.4 Å². The minimum absolute atomic E-state index is 0.215. The molecule has 1 atom stereocenters. The van der Waals surface area contributed by atoms with Crippen molar-refractivity contribution in [3.05, 3.63) is 35.2 Å². The fourth-order valence-corrected chi connectivity index (χ4v) is 5.04. The molecule has 1 aromatic carbocycles. The van der Waals surface area contributed by atoms with Crippen LogP contribution < -0.4 is 4.90 Å². The highest BCUT2D eigenvalue weighted by atomic mass is 35.5. The van der Waals surface area contributed by atoms with Gasteiger partial charge in [0, 0.05) is 30.3 Å². The Morgan fingerprint density at radius 1 is 1.06 bits per heavy atom. The van der Waals surface area contributed by atoms with Crippen LogP contribution in [0.3, 0.4) is 0 Å². The van der Waals surface area contributed by atoms with Crippen molar-refractivity contribution >= 4 is 29.3 Å². The number of hydrogen-bond donors (Lipinski definition) is 0. The Morgan fingerprint density at radius 2 is 1.88 bits per heavy atom. The maximum atomic E-state index is 5.97. The van der Waals surface area contributed by atoms with Gasteiger partial charge in [-0.15, -0.1) is 20.4 Å². The molecule has 2 saturated heterocycles. The number of aromatic nitrogens is 5. The summed E-state index contributed by atoms with van der Waals surface area (Å²) >= 11 is 7.53. The van der Waals surface area contributed by atoms with E-state index in [0.717, 1.165) is 61.7 Å². The number of anilines is 1. The molecule has 1 unspecified atom stereocenters. The summed E-state index contributed by atoms with van der Waals surface area (Å²) < 4.78 is 14.0. The first-order valence-corrected chi connectivity index (χ1v) is 12.5. The van der Waals surface area contributed by atoms with Crippen molar-refractivity contribution in [3.63, 3.8) is 0 Å². The van der Waals surface area contributed by atoms with Crippen LogP contribution in [0.15, 0.2) is 33.8 Å². The molecule has 0 amide bonds. The Kier molecular flexibility index (Phi) is 6.66. The molecule has 0 radical (unpaired) electrons. The van der Waals surface area contributed by atoms with E-state index in [2.05, 4.69) is 36.8 Å². The number of nitrogens with zero attached hydrogens (tertiary/aromatic N) is 6. The fraction of sp³-hybridized carbons (Fsp3) is 0.545. The van der Waals surface area contributed by atoms with Gasteiger partial charge in [-0.2, -0.15) is 0 Å². The quantitative estimate of drug-likeness (QED) is 0.456. The highest BCUT2D eigenvalue weighted by Crippen LogP contribution is 2.30. The van der Waals surface area contributed by atoms with Crippen molar-refractivity contribution in [1.82, 2.24) is 25.0 Å². The van der Waals surface area contributed by atoms with Gasteiger partial charge in [0.1, 0.15) is 0 Å². The molecule has 10 heteroatoms. The van der Waals surface area contributed by atoms with E-state index in [0.29, 0.717) is 22.6 Å². The predicted octanol–water partition coefficient (Wildman–Crippen LogP) is 4.69. The Labute approximate surface area is 196 Å². The van der Waals surface area contributed by atoms with Crippen LogP contribution in [0.5, 0.6) is 0 Å². The number of ether oxygens (including phenoxy) is 1. The molecule has 2 aliphatic heterocycles. The Morgan fingerprint density at radius 3 is 2.62 bits per heavy atom. The van der Waals surface area contributed by atoms with Crippen molar-refractivity contribution in [2.75, 3.05) is 24.6 Å². The third kappa shape index (κ3) is 4.94. The number of hydrogen-bond acceptors (Lipinski definition) is 8. The summed E-state index contributed by atoms with van der Waals surface area (Å²) in [5.74, 6) is 3.28. The standard InChI is InChI=1S/C22H27ClN6O2S/c1-15-8-10-28(11-9-15)21-26-27-22(29(21)13-18-3-2-12-30-18)32-14-19-24-25-20(31-19)16-4-6-17(23)7-5-16/h4-7,15,18H,2-3,8-14H2,1H3. The van der Waals surface area contributed by atoms with Crippen molar-refractivity contribution < 1.29 is 9.15 Å². The molecular weight excluding hydrogens is 448 g/mol. The zero-order valence-corrected chi connectivity index (χ0v) is 19.7. The Bertz CT molecular complexity index is 1030. The van der Waals surface area contributed by atoms with Gasteiger partial charge < -0.3 is 14.1 Å². The van der Waals surface area contributed by atoms with Crippen LogP contribution in [0, 0.1) is 5.92 Å². The smallest absolute Gasteiger partial charge is 0.247 e. The average molecular weight is 475 g/mol. The zero-order chi connectivity index (χ0) is 21.9. The molecule has 170 valence electrons. The monoisotopic (exact) mass is 474 g/mol. The molecule has 0 saturated carbocycles. The van der Waals surface area contributed by atoms with E-state index < -0.39 is 0 Å². The van der Waals surface area contributed by atoms with Gasteiger partial charge in [0.2, 0.25) is 17.7 Å². The van der Waals surface area contributed by atoms with Crippen molar-refractivity contribution in [3.8, 4) is 11.5 Å². The predicted molar refractivity (Wildman–Crippen MR) is 124 cm³/mol. The molecule has 2 fully saturated rings. The fourth-order valence-electron chi connectivity index (χ4n) is 4.13. The van der Waals surface area contributed by atoms with Gasteiger partial charge in [-0.3, -0.25) is 4.57 Å². The second-order valence-corrected chi connectivity index (χ2v) is 9.87. The number of piperidine rings is 1. The van der Waals surface area contributed by atoms with Gasteiger partial charge in [-0.25, -0.2) is 0 Å². The second-order valence-electron chi connectivity index (χ2n) is 8.49. The van der Waals surface area contributed by atoms with E-state index in [1.165, 1.54) is 12.8 Å². The van der Waals surface area contributed by atoms with Crippen molar-refractivity contribution in [2.45, 2.75) is 56.2 Å². The van der Waals surface area contributed by atoms with Crippen LogP contribution in [0.4, 0.5) is 5.95 Å². The van der Waals surface area contributed by atoms with Gasteiger partial charge >= 0.3 is 0 Å². The Hall–Kier alpha value is -2.10. The second kappa shape index (κ2) is 9.80. The van der Waals surface area contributed by atoms with Crippen LogP contribution >= 0.6 is 23.4 Å². The van der Waals surface area contributed by atoms with E-state index in [1.54, 1.807) is 11.8 Å². The van der Waals surface area contributed by atoms with Crippen LogP contribution in [-0.2, 0) is 17.0 Å². The molecule has 3 aromatic rings. The minimum atomic E-state index is 0.215. The van der Waals surface area contributed by atoms with Crippen LogP contribution in [0.25, 0.3) is 11.5 Å². The molecule has 4 heterocycles. The summed E-state index contributed by atoms with van der Waals surface area (Å²) in [6.45, 7) is 5.96. The molecule has 0 bridgehead atoms. The summed E-state index contributed by atoms with van der Waals surface area (Å²) in [5, 5.41) is 19.0. The SMILES string of the molecule is CC1CCN(c2nnc(SCc3nnc(-c4ccc(Cl)cc4)o3)n2CC2CCCO2)CC1. The lowest BCUT2D eigenvalue weighted by Gasteiger charge is -2.31. The van der Waals surface area contributed by atoms with Gasteiger partial charge in [0.15, 0.2) is 5.16 Å². The summed E-state index contributed by atoms with van der Waals surface area (Å²) in [6.07, 6.45) is 4.77. The third-order valence-corrected chi connectivity index (χ3v) is 7.26. The zero-order valence-electron chi connectivity index (χ0n) is 18.1. The first kappa shape index (κ1) is 21.7. The lowest BCUT2D eigenvalue weighted by Crippen LogP contribution is -2.35. The molecular formula is C22H27ClN6O2S. The summed E-state index contributed by atoms with van der Waals surface area (Å²) in [4.78, 5) is 2.36. The number of halogens is 1. The molecule has 2 aliphatic rings. The topological polar surface area (TPSA) is 82.1 Å². The number of benzene rings is 1. The van der Waals surface area contributed by atoms with E-state index in [-0.39, 0.29) is 6.10 Å². The van der Waals surface area contributed by atoms with Crippen LogP contribution in [0.2, 0.25) is 5.02 Å². The summed E-state index contributed by atoms with van der Waals surface area (Å²) in [6, 6.07) is 7.37. The van der Waals surface area contributed by atoms with E-state index >= 15 is 0 Å². The summed E-state index contributed by atoms with van der Waals surface area (Å²) in [7, 11) is 0. The maximum absolute atomic E-state index is 5.97. The first-order chi connectivity index (χ1) is 15.7. The van der Waals surface area contributed by atoms with Crippen molar-refractivity contribution in [1.29, 1.82) is 0 Å². The third-order valence-electron chi connectivity index (χ3n) is 6.06. The average Bonchev–Trinajstić information content (AvgIpc) is 3.56. The van der Waals surface area contributed by atoms with Crippen LogP contribution in [-0.4, -0.2) is 50.8 Å². The lowest BCUT2D eigenvalue weighted by molar-refractivity contribution is 0.0951. The van der Waals surface area contributed by atoms with Crippen molar-refractivity contribution in [2.24, 2.45) is 5.92 Å². The molecule has 0 N–H and O–H groups in total. The largest absolute Gasteiger partial charge is 0.420 e. The van der Waals surface area contributed by atoms with E-state index in [9.17, 15) is 0 Å². The highest BCUT2D eigenvalue weighted by Gasteiger charge is 2.26. The number of thioether (sulfide) groups is 1. The molecule has 0 aliphatic carbocycles. The molecule has 5 rings (SSSR count). The van der Waals surface area contributed by atoms with Gasteiger partial charge in [-0.05, 0) is 55.9 Å². The number of rotatable bonds is 7. The molecule has 8 nitrogen and oxygen atoms in total. The normalized spacial score (nSPS) is 19.7. The summed E-state index contributed by atoms with van der Waals surface area (Å²) in [5.41, 5.74) is 0.848. The maximum Gasteiger partial charge on any atom is 0.247 e. The molecule has 2 aromatic heterocycles.